The number of carbonyl (C=O) groups is 1. The van der Waals surface area contributed by atoms with Gasteiger partial charge in [-0.25, -0.2) is 9.48 Å². The highest BCUT2D eigenvalue weighted by atomic mass is 16.5. The Morgan fingerprint density at radius 3 is 3.09 bits per heavy atom. The summed E-state index contributed by atoms with van der Waals surface area (Å²) in [7, 11) is 0. The van der Waals surface area contributed by atoms with Crippen molar-refractivity contribution in [2.75, 3.05) is 25.0 Å². The average Bonchev–Trinajstić information content (AvgIpc) is 3.26. The Bertz CT molecular complexity index is 636. The third-order valence-electron chi connectivity index (χ3n) is 3.98. The van der Waals surface area contributed by atoms with Gasteiger partial charge in [0.05, 0.1) is 11.8 Å². The van der Waals surface area contributed by atoms with Gasteiger partial charge < -0.3 is 15.0 Å². The first-order chi connectivity index (χ1) is 11.3. The first-order valence-corrected chi connectivity index (χ1v) is 8.04. The number of hydrogen-bond acceptors (Lipinski definition) is 3. The van der Waals surface area contributed by atoms with Gasteiger partial charge in [0, 0.05) is 37.8 Å². The molecule has 6 heteroatoms. The lowest BCUT2D eigenvalue weighted by molar-refractivity contribution is 0.0849. The number of ether oxygens (including phenoxy) is 1. The largest absolute Gasteiger partial charge is 0.376 e. The highest BCUT2D eigenvalue weighted by Crippen LogP contribution is 2.16. The molecule has 1 fully saturated rings. The maximum atomic E-state index is 12.5. The first-order valence-electron chi connectivity index (χ1n) is 8.04. The number of nitrogens with zero attached hydrogens (tertiary/aromatic N) is 3. The average molecular weight is 314 g/mol. The van der Waals surface area contributed by atoms with E-state index in [1.165, 1.54) is 0 Å². The van der Waals surface area contributed by atoms with Crippen LogP contribution in [0.1, 0.15) is 19.8 Å². The minimum atomic E-state index is -0.0967. The zero-order chi connectivity index (χ0) is 16.1. The molecule has 2 heterocycles. The van der Waals surface area contributed by atoms with E-state index in [9.17, 15) is 4.79 Å². The summed E-state index contributed by atoms with van der Waals surface area (Å²) in [6.07, 6.45) is 5.87. The molecule has 2 amide bonds. The normalized spacial score (nSPS) is 17.2. The van der Waals surface area contributed by atoms with Crippen molar-refractivity contribution in [3.63, 3.8) is 0 Å². The fourth-order valence-electron chi connectivity index (χ4n) is 2.74. The third kappa shape index (κ3) is 3.90. The summed E-state index contributed by atoms with van der Waals surface area (Å²) in [5, 5.41) is 7.16. The van der Waals surface area contributed by atoms with Gasteiger partial charge in [-0.1, -0.05) is 6.07 Å². The van der Waals surface area contributed by atoms with E-state index in [-0.39, 0.29) is 12.1 Å². The van der Waals surface area contributed by atoms with Gasteiger partial charge in [0.25, 0.3) is 0 Å². The highest BCUT2D eigenvalue weighted by molar-refractivity contribution is 5.89. The maximum absolute atomic E-state index is 12.5. The van der Waals surface area contributed by atoms with Crippen LogP contribution in [-0.4, -0.2) is 46.5 Å². The van der Waals surface area contributed by atoms with E-state index < -0.39 is 0 Å². The minimum Gasteiger partial charge on any atom is -0.376 e. The van der Waals surface area contributed by atoms with Crippen molar-refractivity contribution in [1.82, 2.24) is 14.7 Å². The Morgan fingerprint density at radius 1 is 1.48 bits per heavy atom. The van der Waals surface area contributed by atoms with Crippen molar-refractivity contribution in [1.29, 1.82) is 0 Å². The molecule has 23 heavy (non-hydrogen) atoms. The summed E-state index contributed by atoms with van der Waals surface area (Å²) in [6, 6.07) is 9.41. The van der Waals surface area contributed by atoms with Gasteiger partial charge in [0.2, 0.25) is 0 Å². The number of aromatic nitrogens is 2. The van der Waals surface area contributed by atoms with Crippen LogP contribution in [0.5, 0.6) is 0 Å². The molecule has 0 spiro atoms. The second-order valence-corrected chi connectivity index (χ2v) is 5.60. The lowest BCUT2D eigenvalue weighted by Gasteiger charge is -2.24. The van der Waals surface area contributed by atoms with Crippen LogP contribution in [-0.2, 0) is 4.74 Å². The number of carbonyl (C=O) groups excluding carboxylic acids is 1. The van der Waals surface area contributed by atoms with Crippen LogP contribution < -0.4 is 5.32 Å². The van der Waals surface area contributed by atoms with Gasteiger partial charge in [-0.05, 0) is 44.0 Å². The predicted molar refractivity (Wildman–Crippen MR) is 88.8 cm³/mol. The van der Waals surface area contributed by atoms with Crippen LogP contribution in [0.4, 0.5) is 10.5 Å². The van der Waals surface area contributed by atoms with Crippen molar-refractivity contribution < 1.29 is 9.53 Å². The van der Waals surface area contributed by atoms with Crippen molar-refractivity contribution in [3.05, 3.63) is 42.7 Å². The quantitative estimate of drug-likeness (QED) is 0.923. The Kier molecular flexibility index (Phi) is 4.92. The standard InChI is InChI=1S/C17H22N4O2/c1-2-20(13-16-8-4-11-23-16)17(22)19-14-6-3-7-15(12-14)21-10-5-9-18-21/h3,5-7,9-10,12,16H,2,4,8,11,13H2,1H3,(H,19,22)/t16-/m0/s1. The van der Waals surface area contributed by atoms with E-state index >= 15 is 0 Å². The van der Waals surface area contributed by atoms with Crippen LogP contribution in [0.3, 0.4) is 0 Å². The molecular formula is C17H22N4O2. The number of urea groups is 1. The molecule has 3 rings (SSSR count). The summed E-state index contributed by atoms with van der Waals surface area (Å²) in [5.41, 5.74) is 1.67. The van der Waals surface area contributed by atoms with E-state index in [0.29, 0.717) is 13.1 Å². The van der Waals surface area contributed by atoms with Crippen molar-refractivity contribution in [2.45, 2.75) is 25.9 Å². The molecule has 1 saturated heterocycles. The van der Waals surface area contributed by atoms with E-state index in [0.717, 1.165) is 30.8 Å². The summed E-state index contributed by atoms with van der Waals surface area (Å²) in [4.78, 5) is 14.3. The number of benzene rings is 1. The number of anilines is 1. The lowest BCUT2D eigenvalue weighted by atomic mass is 10.2. The van der Waals surface area contributed by atoms with Gasteiger partial charge >= 0.3 is 6.03 Å². The van der Waals surface area contributed by atoms with Gasteiger partial charge in [0.1, 0.15) is 0 Å². The first kappa shape index (κ1) is 15.6. The summed E-state index contributed by atoms with van der Waals surface area (Å²) in [5.74, 6) is 0. The van der Waals surface area contributed by atoms with Crippen LogP contribution in [0.25, 0.3) is 5.69 Å². The Hall–Kier alpha value is -2.34. The summed E-state index contributed by atoms with van der Waals surface area (Å²) in [6.45, 7) is 4.08. The number of nitrogens with one attached hydrogen (secondary N) is 1. The fourth-order valence-corrected chi connectivity index (χ4v) is 2.74. The molecule has 0 radical (unpaired) electrons. The Labute approximate surface area is 136 Å². The molecule has 1 aliphatic rings. The third-order valence-corrected chi connectivity index (χ3v) is 3.98. The maximum Gasteiger partial charge on any atom is 0.321 e. The van der Waals surface area contributed by atoms with E-state index in [1.807, 2.05) is 43.5 Å². The molecular weight excluding hydrogens is 292 g/mol. The molecule has 6 nitrogen and oxygen atoms in total. The highest BCUT2D eigenvalue weighted by Gasteiger charge is 2.21. The van der Waals surface area contributed by atoms with E-state index in [4.69, 9.17) is 4.74 Å². The molecule has 1 N–H and O–H groups in total. The summed E-state index contributed by atoms with van der Waals surface area (Å²) >= 11 is 0. The monoisotopic (exact) mass is 314 g/mol. The molecule has 0 unspecified atom stereocenters. The lowest BCUT2D eigenvalue weighted by Crippen LogP contribution is -2.39. The van der Waals surface area contributed by atoms with Gasteiger partial charge in [-0.15, -0.1) is 0 Å². The molecule has 2 aromatic rings. The van der Waals surface area contributed by atoms with Crippen molar-refractivity contribution in [3.8, 4) is 5.69 Å². The SMILES string of the molecule is CCN(C[C@@H]1CCCO1)C(=O)Nc1cccc(-n2cccn2)c1. The molecule has 1 aromatic carbocycles. The van der Waals surface area contributed by atoms with Gasteiger partial charge in [-0.3, -0.25) is 0 Å². The van der Waals surface area contributed by atoms with Crippen molar-refractivity contribution in [2.24, 2.45) is 0 Å². The second-order valence-electron chi connectivity index (χ2n) is 5.60. The molecule has 0 saturated carbocycles. The van der Waals surface area contributed by atoms with E-state index in [2.05, 4.69) is 10.4 Å². The molecule has 1 aromatic heterocycles. The van der Waals surface area contributed by atoms with Crippen LogP contribution >= 0.6 is 0 Å². The molecule has 0 aliphatic carbocycles. The molecule has 1 atom stereocenters. The fraction of sp³-hybridized carbons (Fsp3) is 0.412. The minimum absolute atomic E-state index is 0.0967. The zero-order valence-corrected chi connectivity index (χ0v) is 13.3. The Balaban J connectivity index is 1.65. The number of likely N-dealkylation sites (N-methyl/N-ethyl adjacent to an activating group) is 1. The topological polar surface area (TPSA) is 59.4 Å². The predicted octanol–water partition coefficient (Wildman–Crippen LogP) is 2.91. The molecule has 1 aliphatic heterocycles. The van der Waals surface area contributed by atoms with Crippen LogP contribution in [0, 0.1) is 0 Å². The zero-order valence-electron chi connectivity index (χ0n) is 13.3. The van der Waals surface area contributed by atoms with Crippen LogP contribution in [0.15, 0.2) is 42.7 Å². The molecule has 0 bridgehead atoms. The summed E-state index contributed by atoms with van der Waals surface area (Å²) < 4.78 is 7.38. The number of rotatable bonds is 5. The van der Waals surface area contributed by atoms with Crippen LogP contribution in [0.2, 0.25) is 0 Å². The number of amides is 2. The van der Waals surface area contributed by atoms with Gasteiger partial charge in [-0.2, -0.15) is 5.10 Å². The smallest absolute Gasteiger partial charge is 0.321 e. The van der Waals surface area contributed by atoms with Crippen molar-refractivity contribution >= 4 is 11.7 Å². The Morgan fingerprint density at radius 2 is 2.39 bits per heavy atom. The number of hydrogen-bond donors (Lipinski definition) is 1. The molecule has 122 valence electrons. The van der Waals surface area contributed by atoms with E-state index in [1.54, 1.807) is 15.8 Å². The van der Waals surface area contributed by atoms with Gasteiger partial charge in [0.15, 0.2) is 0 Å². The second kappa shape index (κ2) is 7.28.